The average molecular weight is 193 g/mol. The van der Waals surface area contributed by atoms with Gasteiger partial charge in [-0.3, -0.25) is 0 Å². The Kier molecular flexibility index (Phi) is 2.60. The van der Waals surface area contributed by atoms with Gasteiger partial charge in [0.1, 0.15) is 5.69 Å². The fourth-order valence-electron chi connectivity index (χ4n) is 0.770. The van der Waals surface area contributed by atoms with Gasteiger partial charge in [-0.05, 0) is 0 Å². The maximum Gasteiger partial charge on any atom is 0.280 e. The molecule has 3 nitrogen and oxygen atoms in total. The van der Waals surface area contributed by atoms with Crippen molar-refractivity contribution in [3.63, 3.8) is 0 Å². The molecule has 0 unspecified atom stereocenters. The van der Waals surface area contributed by atoms with Gasteiger partial charge in [0, 0.05) is 6.07 Å². The van der Waals surface area contributed by atoms with E-state index in [1.807, 2.05) is 0 Å². The van der Waals surface area contributed by atoms with Gasteiger partial charge in [-0.15, -0.1) is 0 Å². The number of nitrogens with zero attached hydrogens (tertiary/aromatic N) is 1. The van der Waals surface area contributed by atoms with Gasteiger partial charge >= 0.3 is 0 Å². The summed E-state index contributed by atoms with van der Waals surface area (Å²) in [5.74, 6) is -2.59. The third kappa shape index (κ3) is 1.82. The van der Waals surface area contributed by atoms with Crippen LogP contribution in [0.25, 0.3) is 0 Å². The molecule has 0 aromatic carbocycles. The second-order valence-electron chi connectivity index (χ2n) is 2.19. The fraction of sp³-hybridized carbons (Fsp3) is 0.286. The number of halogens is 3. The predicted molar refractivity (Wildman–Crippen MR) is 37.4 cm³/mol. The smallest absolute Gasteiger partial charge is 0.280 e. The van der Waals surface area contributed by atoms with Crippen LogP contribution in [0.3, 0.4) is 0 Å². The molecule has 0 aliphatic carbocycles. The third-order valence-corrected chi connectivity index (χ3v) is 1.38. The second-order valence-corrected chi connectivity index (χ2v) is 2.19. The summed E-state index contributed by atoms with van der Waals surface area (Å²) in [4.78, 5) is 2.83. The van der Waals surface area contributed by atoms with E-state index in [0.717, 1.165) is 13.2 Å². The van der Waals surface area contributed by atoms with Crippen LogP contribution in [0.5, 0.6) is 11.5 Å². The molecule has 0 fully saturated rings. The highest BCUT2D eigenvalue weighted by Crippen LogP contribution is 2.31. The molecular weight excluding hydrogens is 187 g/mol. The lowest BCUT2D eigenvalue weighted by Gasteiger charge is -2.05. The van der Waals surface area contributed by atoms with Crippen molar-refractivity contribution in [1.82, 2.24) is 4.98 Å². The van der Waals surface area contributed by atoms with E-state index in [4.69, 9.17) is 5.11 Å². The van der Waals surface area contributed by atoms with E-state index in [-0.39, 0.29) is 5.75 Å². The molecule has 0 bridgehead atoms. The molecule has 1 N–H and O–H groups in total. The van der Waals surface area contributed by atoms with Crippen LogP contribution in [0.2, 0.25) is 0 Å². The molecule has 6 heteroatoms. The van der Waals surface area contributed by atoms with Crippen molar-refractivity contribution < 1.29 is 23.0 Å². The highest BCUT2D eigenvalue weighted by molar-refractivity contribution is 5.38. The highest BCUT2D eigenvalue weighted by atomic mass is 19.3. The number of aromatic nitrogens is 1. The van der Waals surface area contributed by atoms with Gasteiger partial charge in [0.05, 0.1) is 7.11 Å². The Bertz CT molecular complexity index is 317. The Hall–Kier alpha value is -1.46. The predicted octanol–water partition coefficient (Wildman–Crippen LogP) is 1.87. The maximum atomic E-state index is 12.6. The minimum Gasteiger partial charge on any atom is -0.501 e. The van der Waals surface area contributed by atoms with Gasteiger partial charge in [-0.2, -0.15) is 4.39 Å². The molecule has 13 heavy (non-hydrogen) atoms. The summed E-state index contributed by atoms with van der Waals surface area (Å²) >= 11 is 0. The molecule has 1 aromatic heterocycles. The summed E-state index contributed by atoms with van der Waals surface area (Å²) in [6.45, 7) is 0. The van der Waals surface area contributed by atoms with E-state index in [9.17, 15) is 13.2 Å². The van der Waals surface area contributed by atoms with Crippen LogP contribution in [0.4, 0.5) is 13.2 Å². The number of methoxy groups -OCH3 is 1. The standard InChI is InChI=1S/C7H6F3NO2/c1-13-4-2-3(6(8)9)11-7(10)5(4)12/h2,6,12H,1H3. The number of alkyl halides is 2. The van der Waals surface area contributed by atoms with Crippen molar-refractivity contribution >= 4 is 0 Å². The largest absolute Gasteiger partial charge is 0.501 e. The highest BCUT2D eigenvalue weighted by Gasteiger charge is 2.17. The normalized spacial score (nSPS) is 10.5. The first-order valence-corrected chi connectivity index (χ1v) is 3.27. The Morgan fingerprint density at radius 3 is 2.62 bits per heavy atom. The Labute approximate surface area is 71.8 Å². The van der Waals surface area contributed by atoms with Crippen LogP contribution in [0, 0.1) is 5.95 Å². The third-order valence-electron chi connectivity index (χ3n) is 1.38. The molecule has 0 saturated carbocycles. The van der Waals surface area contributed by atoms with Gasteiger partial charge in [-0.1, -0.05) is 0 Å². The van der Waals surface area contributed by atoms with Crippen LogP contribution in [0.15, 0.2) is 6.07 Å². The van der Waals surface area contributed by atoms with Crippen LogP contribution >= 0.6 is 0 Å². The molecule has 0 spiro atoms. The molecular formula is C7H6F3NO2. The molecule has 72 valence electrons. The van der Waals surface area contributed by atoms with Crippen LogP contribution in [-0.4, -0.2) is 17.2 Å². The Morgan fingerprint density at radius 2 is 2.15 bits per heavy atom. The fourth-order valence-corrected chi connectivity index (χ4v) is 0.770. The Morgan fingerprint density at radius 1 is 1.54 bits per heavy atom. The molecule has 0 saturated heterocycles. The van der Waals surface area contributed by atoms with Gasteiger partial charge in [0.2, 0.25) is 5.75 Å². The molecule has 1 heterocycles. The molecule has 1 aromatic rings. The maximum absolute atomic E-state index is 12.6. The van der Waals surface area contributed by atoms with Gasteiger partial charge < -0.3 is 9.84 Å². The van der Waals surface area contributed by atoms with E-state index >= 15 is 0 Å². The number of hydrogen-bond donors (Lipinski definition) is 1. The summed E-state index contributed by atoms with van der Waals surface area (Å²) in [6.07, 6.45) is -2.90. The molecule has 1 rings (SSSR count). The van der Waals surface area contributed by atoms with Crippen molar-refractivity contribution in [2.75, 3.05) is 7.11 Å². The number of aromatic hydroxyl groups is 1. The van der Waals surface area contributed by atoms with Crippen molar-refractivity contribution in [2.24, 2.45) is 0 Å². The zero-order valence-electron chi connectivity index (χ0n) is 6.59. The molecule has 0 radical (unpaired) electrons. The molecule has 0 amide bonds. The number of rotatable bonds is 2. The van der Waals surface area contributed by atoms with Gasteiger partial charge in [0.15, 0.2) is 5.75 Å². The summed E-state index contributed by atoms with van der Waals surface area (Å²) in [7, 11) is 1.13. The molecule has 0 aliphatic rings. The van der Waals surface area contributed by atoms with Crippen molar-refractivity contribution in [1.29, 1.82) is 0 Å². The van der Waals surface area contributed by atoms with E-state index in [1.165, 1.54) is 0 Å². The second kappa shape index (κ2) is 3.51. The van der Waals surface area contributed by atoms with Crippen LogP contribution < -0.4 is 4.74 Å². The number of ether oxygens (including phenoxy) is 1. The lowest BCUT2D eigenvalue weighted by atomic mass is 10.3. The number of hydrogen-bond acceptors (Lipinski definition) is 3. The molecule has 0 atom stereocenters. The average Bonchev–Trinajstić information content (AvgIpc) is 2.09. The minimum atomic E-state index is -2.90. The van der Waals surface area contributed by atoms with E-state index < -0.39 is 23.8 Å². The zero-order valence-corrected chi connectivity index (χ0v) is 6.59. The quantitative estimate of drug-likeness (QED) is 0.729. The van der Waals surface area contributed by atoms with E-state index in [0.29, 0.717) is 0 Å². The number of pyridine rings is 1. The lowest BCUT2D eigenvalue weighted by molar-refractivity contribution is 0.143. The zero-order chi connectivity index (χ0) is 10.0. The summed E-state index contributed by atoms with van der Waals surface area (Å²) in [6, 6.07) is 0.781. The Balaban J connectivity index is 3.22. The monoisotopic (exact) mass is 193 g/mol. The first-order chi connectivity index (χ1) is 6.06. The van der Waals surface area contributed by atoms with Crippen molar-refractivity contribution in [2.45, 2.75) is 6.43 Å². The first-order valence-electron chi connectivity index (χ1n) is 3.27. The van der Waals surface area contributed by atoms with Crippen molar-refractivity contribution in [3.05, 3.63) is 17.7 Å². The summed E-state index contributed by atoms with van der Waals surface area (Å²) in [5.41, 5.74) is -0.771. The van der Waals surface area contributed by atoms with Crippen LogP contribution in [-0.2, 0) is 0 Å². The van der Waals surface area contributed by atoms with Gasteiger partial charge in [0.25, 0.3) is 12.4 Å². The first kappa shape index (κ1) is 9.63. The van der Waals surface area contributed by atoms with Crippen molar-refractivity contribution in [3.8, 4) is 11.5 Å². The molecule has 0 aliphatic heterocycles. The summed E-state index contributed by atoms with van der Waals surface area (Å²) in [5, 5.41) is 8.90. The van der Waals surface area contributed by atoms with Gasteiger partial charge in [-0.25, -0.2) is 13.8 Å². The lowest BCUT2D eigenvalue weighted by Crippen LogP contribution is -1.96. The topological polar surface area (TPSA) is 42.4 Å². The van der Waals surface area contributed by atoms with E-state index in [2.05, 4.69) is 9.72 Å². The summed E-state index contributed by atoms with van der Waals surface area (Å²) < 4.78 is 41.1. The minimum absolute atomic E-state index is 0.359. The van der Waals surface area contributed by atoms with Crippen LogP contribution in [0.1, 0.15) is 12.1 Å². The SMILES string of the molecule is COc1cc(C(F)F)nc(F)c1O. The van der Waals surface area contributed by atoms with E-state index in [1.54, 1.807) is 0 Å².